The molecule has 2 rings (SSSR count). The molecular formula is C24H31Cl2F3N4O. The van der Waals surface area contributed by atoms with Gasteiger partial charge in [0.15, 0.2) is 0 Å². The molecule has 2 aliphatic heterocycles. The van der Waals surface area contributed by atoms with E-state index in [1.54, 1.807) is 4.90 Å². The molecule has 2 fully saturated rings. The van der Waals surface area contributed by atoms with Crippen LogP contribution in [0.1, 0.15) is 32.1 Å². The van der Waals surface area contributed by atoms with Crippen LogP contribution >= 0.6 is 23.2 Å². The Balaban J connectivity index is 1.94. The molecule has 2 saturated heterocycles. The highest BCUT2D eigenvalue weighted by Crippen LogP contribution is 2.32. The van der Waals surface area contributed by atoms with Crippen molar-refractivity contribution in [3.63, 3.8) is 0 Å². The average molecular weight is 519 g/mol. The maximum atomic E-state index is 12.7. The quantitative estimate of drug-likeness (QED) is 0.167. The van der Waals surface area contributed by atoms with E-state index in [0.29, 0.717) is 31.8 Å². The summed E-state index contributed by atoms with van der Waals surface area (Å²) in [5.74, 6) is 0.451. The number of amides is 2. The molecule has 0 aliphatic carbocycles. The molecule has 10 heteroatoms. The van der Waals surface area contributed by atoms with Gasteiger partial charge in [0, 0.05) is 61.8 Å². The van der Waals surface area contributed by atoms with E-state index >= 15 is 0 Å². The van der Waals surface area contributed by atoms with Gasteiger partial charge in [-0.15, -0.1) is 18.2 Å². The van der Waals surface area contributed by atoms with Crippen molar-refractivity contribution in [1.82, 2.24) is 15.1 Å². The van der Waals surface area contributed by atoms with E-state index in [1.807, 2.05) is 12.3 Å². The highest BCUT2D eigenvalue weighted by atomic mass is 35.5. The molecule has 5 nitrogen and oxygen atoms in total. The molecule has 2 amide bonds. The third-order valence-corrected chi connectivity index (χ3v) is 6.45. The first-order valence-electron chi connectivity index (χ1n) is 11.1. The van der Waals surface area contributed by atoms with Gasteiger partial charge < -0.3 is 15.1 Å². The lowest BCUT2D eigenvalue weighted by molar-refractivity contribution is -0.0882. The SMILES string of the molecule is C=CC/C(=C\N=C(CCl)C1CCN(C(=O)NC(=C)/C=C(/Cl)C(=C)C(F)(F)F)CC1)N1CCCC1. The van der Waals surface area contributed by atoms with Crippen molar-refractivity contribution in [2.45, 2.75) is 38.3 Å². The lowest BCUT2D eigenvalue weighted by Gasteiger charge is -2.32. The number of urea groups is 1. The molecule has 0 radical (unpaired) electrons. The van der Waals surface area contributed by atoms with Crippen LogP contribution in [0.3, 0.4) is 0 Å². The summed E-state index contributed by atoms with van der Waals surface area (Å²) in [5.41, 5.74) is 0.762. The first-order chi connectivity index (χ1) is 16.1. The lowest BCUT2D eigenvalue weighted by atomic mass is 9.92. The summed E-state index contributed by atoms with van der Waals surface area (Å²) >= 11 is 11.8. The Labute approximate surface area is 209 Å². The maximum absolute atomic E-state index is 12.7. The minimum Gasteiger partial charge on any atom is -0.373 e. The second kappa shape index (κ2) is 13.0. The molecule has 0 unspecified atom stereocenters. The van der Waals surface area contributed by atoms with Gasteiger partial charge in [-0.05, 0) is 31.8 Å². The Morgan fingerprint density at radius 1 is 1.12 bits per heavy atom. The standard InChI is InChI=1S/C24H31Cl2F3N4O/c1-4-7-20(32-10-5-6-11-32)16-30-22(15-25)19-8-12-33(13-9-19)23(34)31-17(2)14-21(26)18(3)24(27,28)29/h4,14,16,19H,1-3,5-13,15H2,(H,31,34)/b20-16+,21-14+,30-22?. The molecule has 0 saturated carbocycles. The number of piperidine rings is 1. The normalized spacial score (nSPS) is 18.8. The Bertz CT molecular complexity index is 866. The van der Waals surface area contributed by atoms with Gasteiger partial charge in [-0.3, -0.25) is 4.99 Å². The van der Waals surface area contributed by atoms with Gasteiger partial charge in [0.1, 0.15) is 0 Å². The van der Waals surface area contributed by atoms with Crippen LogP contribution in [0.15, 0.2) is 65.1 Å². The molecule has 0 bridgehead atoms. The topological polar surface area (TPSA) is 47.9 Å². The second-order valence-electron chi connectivity index (χ2n) is 8.25. The zero-order valence-electron chi connectivity index (χ0n) is 19.1. The predicted octanol–water partition coefficient (Wildman–Crippen LogP) is 6.36. The number of aliphatic imine (C=N–C) groups is 1. The van der Waals surface area contributed by atoms with Gasteiger partial charge in [0.25, 0.3) is 0 Å². The predicted molar refractivity (Wildman–Crippen MR) is 133 cm³/mol. The third kappa shape index (κ3) is 8.24. The molecule has 2 aliphatic rings. The number of hydrogen-bond acceptors (Lipinski definition) is 3. The van der Waals surface area contributed by atoms with E-state index in [4.69, 9.17) is 28.2 Å². The molecule has 0 aromatic rings. The molecule has 0 atom stereocenters. The van der Waals surface area contributed by atoms with Crippen molar-refractivity contribution >= 4 is 34.9 Å². The van der Waals surface area contributed by atoms with Crippen LogP contribution in [0.25, 0.3) is 0 Å². The number of likely N-dealkylation sites (tertiary alicyclic amines) is 2. The minimum absolute atomic E-state index is 0.0488. The Morgan fingerprint density at radius 3 is 2.26 bits per heavy atom. The number of nitrogens with zero attached hydrogens (tertiary/aromatic N) is 3. The number of carbonyl (C=O) groups excluding carboxylic acids is 1. The summed E-state index contributed by atoms with van der Waals surface area (Å²) in [4.78, 5) is 21.1. The van der Waals surface area contributed by atoms with Crippen molar-refractivity contribution in [1.29, 1.82) is 0 Å². The lowest BCUT2D eigenvalue weighted by Crippen LogP contribution is -2.45. The fraction of sp³-hybridized carbons (Fsp3) is 0.500. The number of nitrogens with one attached hydrogen (secondary N) is 1. The summed E-state index contributed by atoms with van der Waals surface area (Å²) in [6, 6.07) is -0.451. The van der Waals surface area contributed by atoms with E-state index in [2.05, 4.69) is 30.0 Å². The van der Waals surface area contributed by atoms with Crippen LogP contribution in [0.5, 0.6) is 0 Å². The number of hydrogen-bond donors (Lipinski definition) is 1. The largest absolute Gasteiger partial charge is 0.417 e. The van der Waals surface area contributed by atoms with Crippen LogP contribution in [0, 0.1) is 5.92 Å². The molecule has 0 aromatic carbocycles. The van der Waals surface area contributed by atoms with Gasteiger partial charge in [0.05, 0.1) is 16.5 Å². The first kappa shape index (κ1) is 28.1. The fourth-order valence-electron chi connectivity index (χ4n) is 3.87. The summed E-state index contributed by atoms with van der Waals surface area (Å²) < 4.78 is 38.0. The fourth-order valence-corrected chi connectivity index (χ4v) is 4.39. The molecule has 1 N–H and O–H groups in total. The van der Waals surface area contributed by atoms with Crippen molar-refractivity contribution in [2.75, 3.05) is 32.1 Å². The molecule has 0 spiro atoms. The zero-order valence-corrected chi connectivity index (χ0v) is 20.7. The molecule has 188 valence electrons. The molecule has 0 aromatic heterocycles. The van der Waals surface area contributed by atoms with Crippen molar-refractivity contribution in [2.24, 2.45) is 10.9 Å². The Hall–Kier alpha value is -2.19. The van der Waals surface area contributed by atoms with Crippen molar-refractivity contribution < 1.29 is 18.0 Å². The average Bonchev–Trinajstić information content (AvgIpc) is 3.32. The van der Waals surface area contributed by atoms with E-state index in [9.17, 15) is 18.0 Å². The van der Waals surface area contributed by atoms with Gasteiger partial charge in [-0.1, -0.05) is 30.8 Å². The molecule has 34 heavy (non-hydrogen) atoms. The third-order valence-electron chi connectivity index (χ3n) is 5.83. The Kier molecular flexibility index (Phi) is 10.8. The van der Waals surface area contributed by atoms with E-state index in [0.717, 1.165) is 37.0 Å². The van der Waals surface area contributed by atoms with Gasteiger partial charge >= 0.3 is 12.2 Å². The zero-order chi connectivity index (χ0) is 25.3. The van der Waals surface area contributed by atoms with Crippen LogP contribution in [0.4, 0.5) is 18.0 Å². The summed E-state index contributed by atoms with van der Waals surface area (Å²) in [6.45, 7) is 13.3. The summed E-state index contributed by atoms with van der Waals surface area (Å²) in [6.07, 6.45) is 4.49. The summed E-state index contributed by atoms with van der Waals surface area (Å²) in [5, 5.41) is 1.85. The monoisotopic (exact) mass is 518 g/mol. The maximum Gasteiger partial charge on any atom is 0.417 e. The van der Waals surface area contributed by atoms with E-state index < -0.39 is 22.8 Å². The van der Waals surface area contributed by atoms with Crippen molar-refractivity contribution in [3.05, 3.63) is 60.1 Å². The number of alkyl halides is 4. The molecule has 2 heterocycles. The first-order valence-corrected chi connectivity index (χ1v) is 12.0. The second-order valence-corrected chi connectivity index (χ2v) is 8.92. The van der Waals surface area contributed by atoms with Gasteiger partial charge in [0.2, 0.25) is 0 Å². The van der Waals surface area contributed by atoms with Crippen LogP contribution in [0.2, 0.25) is 0 Å². The van der Waals surface area contributed by atoms with Crippen LogP contribution in [-0.2, 0) is 0 Å². The van der Waals surface area contributed by atoms with Crippen LogP contribution in [-0.4, -0.2) is 59.8 Å². The van der Waals surface area contributed by atoms with Crippen LogP contribution < -0.4 is 5.32 Å². The number of rotatable bonds is 9. The van der Waals surface area contributed by atoms with Gasteiger partial charge in [-0.25, -0.2) is 4.79 Å². The van der Waals surface area contributed by atoms with Crippen molar-refractivity contribution in [3.8, 4) is 0 Å². The molecular weight excluding hydrogens is 488 g/mol. The number of carbonyl (C=O) groups is 1. The Morgan fingerprint density at radius 2 is 1.74 bits per heavy atom. The van der Waals surface area contributed by atoms with Gasteiger partial charge in [-0.2, -0.15) is 13.2 Å². The minimum atomic E-state index is -4.66. The van der Waals surface area contributed by atoms with E-state index in [-0.39, 0.29) is 11.6 Å². The summed E-state index contributed by atoms with van der Waals surface area (Å²) in [7, 11) is 0. The van der Waals surface area contributed by atoms with E-state index in [1.165, 1.54) is 12.8 Å². The highest BCUT2D eigenvalue weighted by Gasteiger charge is 2.34. The smallest absolute Gasteiger partial charge is 0.373 e. The number of halogens is 5. The number of allylic oxidation sites excluding steroid dienone is 4. The highest BCUT2D eigenvalue weighted by molar-refractivity contribution is 6.32.